The van der Waals surface area contributed by atoms with E-state index in [0.717, 1.165) is 25.0 Å². The second kappa shape index (κ2) is 9.39. The molecular formula is C18H27N3O3. The Labute approximate surface area is 143 Å². The van der Waals surface area contributed by atoms with Gasteiger partial charge in [0.25, 0.3) is 5.91 Å². The van der Waals surface area contributed by atoms with Gasteiger partial charge in [0, 0.05) is 37.7 Å². The maximum atomic E-state index is 12.2. The summed E-state index contributed by atoms with van der Waals surface area (Å²) in [5.74, 6) is -0.201. The maximum absolute atomic E-state index is 12.2. The average Bonchev–Trinajstić information content (AvgIpc) is 3.11. The van der Waals surface area contributed by atoms with Crippen LogP contribution in [0.4, 0.5) is 0 Å². The van der Waals surface area contributed by atoms with Gasteiger partial charge >= 0.3 is 0 Å². The molecule has 24 heavy (non-hydrogen) atoms. The average molecular weight is 333 g/mol. The quantitative estimate of drug-likeness (QED) is 0.665. The number of nitrogens with one attached hydrogen (secondary N) is 3. The van der Waals surface area contributed by atoms with E-state index in [0.29, 0.717) is 25.2 Å². The normalized spacial score (nSPS) is 18.2. The van der Waals surface area contributed by atoms with Crippen LogP contribution in [0, 0.1) is 5.92 Å². The largest absolute Gasteiger partial charge is 0.376 e. The Hall–Kier alpha value is -1.92. The van der Waals surface area contributed by atoms with Crippen molar-refractivity contribution in [2.75, 3.05) is 26.7 Å². The molecule has 1 saturated heterocycles. The number of rotatable bonds is 8. The van der Waals surface area contributed by atoms with Gasteiger partial charge in [-0.3, -0.25) is 9.59 Å². The molecule has 0 spiro atoms. The number of ether oxygens (including phenoxy) is 1. The third-order valence-corrected chi connectivity index (χ3v) is 4.13. The minimum atomic E-state index is -0.109. The van der Waals surface area contributed by atoms with Crippen molar-refractivity contribution >= 4 is 11.8 Å². The maximum Gasteiger partial charge on any atom is 0.251 e. The topological polar surface area (TPSA) is 79.5 Å². The summed E-state index contributed by atoms with van der Waals surface area (Å²) < 4.78 is 5.50. The van der Waals surface area contributed by atoms with Gasteiger partial charge in [0.15, 0.2) is 0 Å². The predicted octanol–water partition coefficient (Wildman–Crippen LogP) is 1.07. The fraction of sp³-hybridized carbons (Fsp3) is 0.556. The van der Waals surface area contributed by atoms with Crippen LogP contribution in [0.25, 0.3) is 0 Å². The molecule has 6 nitrogen and oxygen atoms in total. The molecule has 1 aromatic rings. The molecule has 1 fully saturated rings. The van der Waals surface area contributed by atoms with Crippen LogP contribution in [0.5, 0.6) is 0 Å². The second-order valence-corrected chi connectivity index (χ2v) is 6.22. The molecule has 0 aliphatic carbocycles. The molecule has 6 heteroatoms. The van der Waals surface area contributed by atoms with Crippen molar-refractivity contribution in [1.29, 1.82) is 0 Å². The molecule has 2 unspecified atom stereocenters. The summed E-state index contributed by atoms with van der Waals surface area (Å²) in [5, 5.41) is 8.79. The standard InChI is InChI=1S/C18H27N3O3/c1-13(10-19-2)17(22)20-11-14-5-3-6-15(9-14)18(23)21-12-16-7-4-8-24-16/h3,5-6,9,13,16,19H,4,7-8,10-12H2,1-2H3,(H,20,22)(H,21,23). The van der Waals surface area contributed by atoms with Gasteiger partial charge < -0.3 is 20.7 Å². The highest BCUT2D eigenvalue weighted by molar-refractivity contribution is 5.94. The van der Waals surface area contributed by atoms with Gasteiger partial charge in [0.1, 0.15) is 0 Å². The lowest BCUT2D eigenvalue weighted by atomic mass is 10.1. The van der Waals surface area contributed by atoms with Crippen LogP contribution in [0.2, 0.25) is 0 Å². The van der Waals surface area contributed by atoms with Crippen LogP contribution in [-0.2, 0) is 16.1 Å². The monoisotopic (exact) mass is 333 g/mol. The molecule has 0 aromatic heterocycles. The molecule has 0 radical (unpaired) electrons. The van der Waals surface area contributed by atoms with E-state index in [1.165, 1.54) is 0 Å². The fourth-order valence-electron chi connectivity index (χ4n) is 2.70. The lowest BCUT2D eigenvalue weighted by Gasteiger charge is -2.13. The highest BCUT2D eigenvalue weighted by Crippen LogP contribution is 2.11. The van der Waals surface area contributed by atoms with Gasteiger partial charge in [-0.1, -0.05) is 19.1 Å². The highest BCUT2D eigenvalue weighted by atomic mass is 16.5. The molecule has 132 valence electrons. The molecular weight excluding hydrogens is 306 g/mol. The zero-order valence-electron chi connectivity index (χ0n) is 14.4. The molecule has 2 amide bonds. The number of amides is 2. The lowest BCUT2D eigenvalue weighted by molar-refractivity contribution is -0.124. The van der Waals surface area contributed by atoms with E-state index in [4.69, 9.17) is 4.74 Å². The minimum Gasteiger partial charge on any atom is -0.376 e. The predicted molar refractivity (Wildman–Crippen MR) is 92.7 cm³/mol. The van der Waals surface area contributed by atoms with Crippen molar-refractivity contribution < 1.29 is 14.3 Å². The van der Waals surface area contributed by atoms with Gasteiger partial charge in [-0.2, -0.15) is 0 Å². The van der Waals surface area contributed by atoms with Crippen molar-refractivity contribution in [2.45, 2.75) is 32.4 Å². The molecule has 2 atom stereocenters. The third kappa shape index (κ3) is 5.62. The molecule has 3 N–H and O–H groups in total. The van der Waals surface area contributed by atoms with Gasteiger partial charge in [-0.25, -0.2) is 0 Å². The Bertz CT molecular complexity index is 556. The first kappa shape index (κ1) is 18.4. The van der Waals surface area contributed by atoms with E-state index >= 15 is 0 Å². The summed E-state index contributed by atoms with van der Waals surface area (Å²) >= 11 is 0. The van der Waals surface area contributed by atoms with E-state index in [1.807, 2.05) is 32.2 Å². The van der Waals surface area contributed by atoms with Crippen LogP contribution in [0.1, 0.15) is 35.7 Å². The van der Waals surface area contributed by atoms with Crippen LogP contribution in [-0.4, -0.2) is 44.7 Å². The van der Waals surface area contributed by atoms with Crippen LogP contribution in [0.3, 0.4) is 0 Å². The van der Waals surface area contributed by atoms with Crippen LogP contribution < -0.4 is 16.0 Å². The van der Waals surface area contributed by atoms with Crippen molar-refractivity contribution in [2.24, 2.45) is 5.92 Å². The van der Waals surface area contributed by atoms with Crippen molar-refractivity contribution in [3.8, 4) is 0 Å². The van der Waals surface area contributed by atoms with Crippen molar-refractivity contribution in [3.05, 3.63) is 35.4 Å². The second-order valence-electron chi connectivity index (χ2n) is 6.22. The van der Waals surface area contributed by atoms with Gasteiger partial charge in [-0.15, -0.1) is 0 Å². The van der Waals surface area contributed by atoms with E-state index in [2.05, 4.69) is 16.0 Å². The number of hydrogen-bond donors (Lipinski definition) is 3. The zero-order valence-corrected chi connectivity index (χ0v) is 14.4. The Balaban J connectivity index is 1.83. The highest BCUT2D eigenvalue weighted by Gasteiger charge is 2.17. The SMILES string of the molecule is CNCC(C)C(=O)NCc1cccc(C(=O)NCC2CCCO2)c1. The fourth-order valence-corrected chi connectivity index (χ4v) is 2.70. The van der Waals surface area contributed by atoms with Crippen molar-refractivity contribution in [3.63, 3.8) is 0 Å². The Morgan fingerprint density at radius 2 is 2.17 bits per heavy atom. The number of carbonyl (C=O) groups is 2. The van der Waals surface area contributed by atoms with Gasteiger partial charge in [0.05, 0.1) is 6.10 Å². The summed E-state index contributed by atoms with van der Waals surface area (Å²) in [7, 11) is 1.82. The Morgan fingerprint density at radius 3 is 2.88 bits per heavy atom. The molecule has 1 aliphatic rings. The summed E-state index contributed by atoms with van der Waals surface area (Å²) in [5.41, 5.74) is 1.51. The molecule has 1 aromatic carbocycles. The molecule has 0 bridgehead atoms. The van der Waals surface area contributed by atoms with Crippen LogP contribution in [0.15, 0.2) is 24.3 Å². The van der Waals surface area contributed by atoms with Crippen molar-refractivity contribution in [1.82, 2.24) is 16.0 Å². The first-order valence-electron chi connectivity index (χ1n) is 8.51. The van der Waals surface area contributed by atoms with E-state index in [-0.39, 0.29) is 23.8 Å². The summed E-state index contributed by atoms with van der Waals surface area (Å²) in [6.45, 7) is 4.25. The number of hydrogen-bond acceptors (Lipinski definition) is 4. The Morgan fingerprint density at radius 1 is 1.33 bits per heavy atom. The first-order chi connectivity index (χ1) is 11.6. The van der Waals surface area contributed by atoms with E-state index in [1.54, 1.807) is 6.07 Å². The van der Waals surface area contributed by atoms with E-state index in [9.17, 15) is 9.59 Å². The molecule has 1 aliphatic heterocycles. The minimum absolute atomic E-state index is 0.00223. The summed E-state index contributed by atoms with van der Waals surface area (Å²) in [6, 6.07) is 7.33. The van der Waals surface area contributed by atoms with E-state index < -0.39 is 0 Å². The Kier molecular flexibility index (Phi) is 7.21. The van der Waals surface area contributed by atoms with Crippen LogP contribution >= 0.6 is 0 Å². The zero-order chi connectivity index (χ0) is 17.4. The smallest absolute Gasteiger partial charge is 0.251 e. The molecule has 1 heterocycles. The summed E-state index contributed by atoms with van der Waals surface area (Å²) in [6.07, 6.45) is 2.18. The number of carbonyl (C=O) groups excluding carboxylic acids is 2. The molecule has 0 saturated carbocycles. The lowest BCUT2D eigenvalue weighted by Crippen LogP contribution is -2.34. The first-order valence-corrected chi connectivity index (χ1v) is 8.51. The van der Waals surface area contributed by atoms with Gasteiger partial charge in [0.2, 0.25) is 5.91 Å². The third-order valence-electron chi connectivity index (χ3n) is 4.13. The molecule has 2 rings (SSSR count). The summed E-state index contributed by atoms with van der Waals surface area (Å²) in [4.78, 5) is 24.2. The number of benzene rings is 1. The van der Waals surface area contributed by atoms with Gasteiger partial charge in [-0.05, 0) is 37.6 Å².